The number of hydrogen-bond donors (Lipinski definition) is 1. The van der Waals surface area contributed by atoms with Crippen LogP contribution in [0.15, 0.2) is 23.6 Å². The Balaban J connectivity index is 1.77. The molecule has 0 atom stereocenters. The number of rotatable bonds is 8. The maximum atomic E-state index is 12.6. The first-order valence-corrected chi connectivity index (χ1v) is 10.5. The highest BCUT2D eigenvalue weighted by Gasteiger charge is 2.24. The number of methoxy groups -OCH3 is 3. The van der Waals surface area contributed by atoms with Gasteiger partial charge in [-0.1, -0.05) is 13.0 Å². The lowest BCUT2D eigenvalue weighted by Gasteiger charge is -2.10. The predicted octanol–water partition coefficient (Wildman–Crippen LogP) is 4.17. The van der Waals surface area contributed by atoms with Crippen molar-refractivity contribution in [2.75, 3.05) is 21.3 Å². The van der Waals surface area contributed by atoms with Crippen LogP contribution in [0.3, 0.4) is 0 Å². The lowest BCUT2D eigenvalue weighted by molar-refractivity contribution is 0.0461. The fraction of sp³-hybridized carbons (Fsp3) is 0.318. The second-order valence-electron chi connectivity index (χ2n) is 6.58. The molecule has 0 saturated heterocycles. The van der Waals surface area contributed by atoms with Gasteiger partial charge in [0.05, 0.1) is 38.2 Å². The zero-order chi connectivity index (χ0) is 22.5. The minimum Gasteiger partial charge on any atom is -0.493 e. The van der Waals surface area contributed by atoms with E-state index < -0.39 is 11.9 Å². The highest BCUT2D eigenvalue weighted by atomic mass is 32.1. The van der Waals surface area contributed by atoms with Gasteiger partial charge in [0.15, 0.2) is 11.5 Å². The number of nitrogens with zero attached hydrogens (tertiary/aromatic N) is 1. The molecule has 3 aromatic rings. The van der Waals surface area contributed by atoms with Crippen LogP contribution in [0, 0.1) is 6.92 Å². The Morgan fingerprint density at radius 3 is 2.55 bits per heavy atom. The summed E-state index contributed by atoms with van der Waals surface area (Å²) in [6.07, 6.45) is 0.552. The van der Waals surface area contributed by atoms with E-state index in [1.54, 1.807) is 21.1 Å². The van der Waals surface area contributed by atoms with Gasteiger partial charge in [0, 0.05) is 11.1 Å². The summed E-state index contributed by atoms with van der Waals surface area (Å²) in [6, 6.07) is 5.55. The van der Waals surface area contributed by atoms with Gasteiger partial charge in [0.2, 0.25) is 0 Å². The van der Waals surface area contributed by atoms with Crippen molar-refractivity contribution in [3.05, 3.63) is 51.8 Å². The van der Waals surface area contributed by atoms with E-state index in [9.17, 15) is 9.59 Å². The first-order chi connectivity index (χ1) is 14.9. The standard InChI is InChI=1S/C22H24N2O6S/c1-6-15-17(21(25)29-5)12(2)18(24-15)22(26)30-10-13-11-31-20(23-13)14-8-7-9-16(27-3)19(14)28-4/h7-9,11,24H,6,10H2,1-5H3. The third-order valence-corrected chi connectivity index (χ3v) is 5.74. The number of benzene rings is 1. The van der Waals surface area contributed by atoms with Crippen molar-refractivity contribution in [3.63, 3.8) is 0 Å². The van der Waals surface area contributed by atoms with Gasteiger partial charge in [-0.05, 0) is 31.0 Å². The summed E-state index contributed by atoms with van der Waals surface area (Å²) in [5.74, 6) is 0.155. The number of thiazole rings is 1. The molecule has 0 aliphatic carbocycles. The summed E-state index contributed by atoms with van der Waals surface area (Å²) in [5.41, 5.74) is 3.15. The fourth-order valence-electron chi connectivity index (χ4n) is 3.27. The maximum absolute atomic E-state index is 12.6. The number of carbonyl (C=O) groups excluding carboxylic acids is 2. The summed E-state index contributed by atoms with van der Waals surface area (Å²) in [6.45, 7) is 3.57. The monoisotopic (exact) mass is 444 g/mol. The van der Waals surface area contributed by atoms with Crippen LogP contribution in [0.2, 0.25) is 0 Å². The summed E-state index contributed by atoms with van der Waals surface area (Å²) >= 11 is 1.41. The Bertz CT molecular complexity index is 1100. The largest absolute Gasteiger partial charge is 0.493 e. The summed E-state index contributed by atoms with van der Waals surface area (Å²) in [7, 11) is 4.46. The van der Waals surface area contributed by atoms with E-state index in [1.807, 2.05) is 30.5 Å². The second kappa shape index (κ2) is 9.65. The molecule has 0 saturated carbocycles. The van der Waals surface area contributed by atoms with Crippen LogP contribution < -0.4 is 9.47 Å². The van der Waals surface area contributed by atoms with E-state index in [4.69, 9.17) is 18.9 Å². The third kappa shape index (κ3) is 4.41. The van der Waals surface area contributed by atoms with Gasteiger partial charge in [0.1, 0.15) is 17.3 Å². The molecule has 9 heteroatoms. The Hall–Kier alpha value is -3.33. The van der Waals surface area contributed by atoms with Crippen molar-refractivity contribution in [3.8, 4) is 22.1 Å². The number of aromatic nitrogens is 2. The van der Waals surface area contributed by atoms with Crippen molar-refractivity contribution in [1.82, 2.24) is 9.97 Å². The number of H-pyrrole nitrogens is 1. The van der Waals surface area contributed by atoms with Gasteiger partial charge < -0.3 is 23.9 Å². The van der Waals surface area contributed by atoms with E-state index in [0.29, 0.717) is 40.4 Å². The highest BCUT2D eigenvalue weighted by Crippen LogP contribution is 2.39. The van der Waals surface area contributed by atoms with E-state index in [2.05, 4.69) is 9.97 Å². The molecule has 2 heterocycles. The number of aromatic amines is 1. The normalized spacial score (nSPS) is 10.6. The minimum atomic E-state index is -0.559. The topological polar surface area (TPSA) is 99.7 Å². The number of ether oxygens (including phenoxy) is 4. The van der Waals surface area contributed by atoms with E-state index in [-0.39, 0.29) is 12.3 Å². The molecule has 1 aromatic carbocycles. The van der Waals surface area contributed by atoms with Gasteiger partial charge in [0.25, 0.3) is 0 Å². The summed E-state index contributed by atoms with van der Waals surface area (Å²) in [4.78, 5) is 32.2. The number of nitrogens with one attached hydrogen (secondary N) is 1. The molecular formula is C22H24N2O6S. The summed E-state index contributed by atoms with van der Waals surface area (Å²) in [5, 5.41) is 2.54. The molecule has 0 aliphatic heterocycles. The van der Waals surface area contributed by atoms with Crippen molar-refractivity contribution >= 4 is 23.3 Å². The second-order valence-corrected chi connectivity index (χ2v) is 7.44. The van der Waals surface area contributed by atoms with Gasteiger partial charge >= 0.3 is 11.9 Å². The first-order valence-electron chi connectivity index (χ1n) is 9.57. The molecule has 0 bridgehead atoms. The van der Waals surface area contributed by atoms with Crippen molar-refractivity contribution in [1.29, 1.82) is 0 Å². The zero-order valence-electron chi connectivity index (χ0n) is 18.0. The molecule has 8 nitrogen and oxygen atoms in total. The number of para-hydroxylation sites is 1. The molecular weight excluding hydrogens is 420 g/mol. The van der Waals surface area contributed by atoms with E-state index in [1.165, 1.54) is 18.4 Å². The Labute approximate surface area is 184 Å². The lowest BCUT2D eigenvalue weighted by atomic mass is 10.1. The van der Waals surface area contributed by atoms with Gasteiger partial charge in [-0.2, -0.15) is 0 Å². The molecule has 164 valence electrons. The average molecular weight is 445 g/mol. The molecule has 0 amide bonds. The van der Waals surface area contributed by atoms with E-state index >= 15 is 0 Å². The molecule has 1 N–H and O–H groups in total. The number of esters is 2. The molecule has 0 aliphatic rings. The van der Waals surface area contributed by atoms with Crippen molar-refractivity contribution in [2.45, 2.75) is 26.9 Å². The van der Waals surface area contributed by atoms with Crippen LogP contribution >= 0.6 is 11.3 Å². The van der Waals surface area contributed by atoms with Crippen molar-refractivity contribution < 1.29 is 28.5 Å². The van der Waals surface area contributed by atoms with E-state index in [0.717, 1.165) is 10.6 Å². The molecule has 0 spiro atoms. The molecule has 2 aromatic heterocycles. The zero-order valence-corrected chi connectivity index (χ0v) is 18.8. The van der Waals surface area contributed by atoms with Gasteiger partial charge in [-0.3, -0.25) is 0 Å². The predicted molar refractivity (Wildman–Crippen MR) is 116 cm³/mol. The lowest BCUT2D eigenvalue weighted by Crippen LogP contribution is -2.08. The van der Waals surface area contributed by atoms with Crippen LogP contribution in [0.1, 0.15) is 44.7 Å². The summed E-state index contributed by atoms with van der Waals surface area (Å²) < 4.78 is 21.1. The highest BCUT2D eigenvalue weighted by molar-refractivity contribution is 7.13. The van der Waals surface area contributed by atoms with Crippen LogP contribution in [-0.4, -0.2) is 43.2 Å². The van der Waals surface area contributed by atoms with Gasteiger partial charge in [-0.15, -0.1) is 11.3 Å². The SMILES string of the molecule is CCc1[nH]c(C(=O)OCc2csc(-c3cccc(OC)c3OC)n2)c(C)c1C(=O)OC. The Morgan fingerprint density at radius 2 is 1.90 bits per heavy atom. The average Bonchev–Trinajstić information content (AvgIpc) is 3.40. The third-order valence-electron chi connectivity index (χ3n) is 4.81. The van der Waals surface area contributed by atoms with Crippen LogP contribution in [0.25, 0.3) is 10.6 Å². The van der Waals surface area contributed by atoms with Crippen LogP contribution in [0.5, 0.6) is 11.5 Å². The molecule has 3 rings (SSSR count). The quantitative estimate of drug-likeness (QED) is 0.521. The number of aryl methyl sites for hydroxylation is 1. The molecule has 0 fully saturated rings. The Kier molecular flexibility index (Phi) is 6.96. The number of carbonyl (C=O) groups is 2. The maximum Gasteiger partial charge on any atom is 0.355 e. The minimum absolute atomic E-state index is 0.00487. The van der Waals surface area contributed by atoms with Crippen LogP contribution in [0.4, 0.5) is 0 Å². The fourth-order valence-corrected chi connectivity index (χ4v) is 4.10. The smallest absolute Gasteiger partial charge is 0.355 e. The molecule has 0 radical (unpaired) electrons. The number of hydrogen-bond acceptors (Lipinski definition) is 8. The molecule has 31 heavy (non-hydrogen) atoms. The van der Waals surface area contributed by atoms with Crippen molar-refractivity contribution in [2.24, 2.45) is 0 Å². The molecule has 0 unspecified atom stereocenters. The Morgan fingerprint density at radius 1 is 1.13 bits per heavy atom. The van der Waals surface area contributed by atoms with Gasteiger partial charge in [-0.25, -0.2) is 14.6 Å². The first kappa shape index (κ1) is 22.4. The van der Waals surface area contributed by atoms with Crippen LogP contribution in [-0.2, 0) is 22.5 Å².